The molecule has 0 aliphatic carbocycles. The summed E-state index contributed by atoms with van der Waals surface area (Å²) in [6, 6.07) is 4.15. The maximum atomic E-state index is 4.28. The molecule has 66 valence electrons. The molecule has 0 bridgehead atoms. The lowest BCUT2D eigenvalue weighted by atomic mass is 10.2. The molecule has 1 rings (SSSR count). The van der Waals surface area contributed by atoms with Gasteiger partial charge < -0.3 is 5.32 Å². The second-order valence-corrected chi connectivity index (χ2v) is 2.83. The van der Waals surface area contributed by atoms with Gasteiger partial charge in [-0.2, -0.15) is 0 Å². The van der Waals surface area contributed by atoms with Gasteiger partial charge in [0.1, 0.15) is 5.82 Å². The van der Waals surface area contributed by atoms with Crippen LogP contribution in [-0.2, 0) is 6.42 Å². The zero-order valence-electron chi connectivity index (χ0n) is 7.80. The van der Waals surface area contributed by atoms with E-state index in [0.29, 0.717) is 0 Å². The predicted octanol–water partition coefficient (Wildman–Crippen LogP) is 2.47. The largest absolute Gasteiger partial charge is 0.370 e. The lowest BCUT2D eigenvalue weighted by Crippen LogP contribution is -2.01. The summed E-state index contributed by atoms with van der Waals surface area (Å²) in [5.74, 6) is 0.981. The maximum Gasteiger partial charge on any atom is 0.125 e. The van der Waals surface area contributed by atoms with Gasteiger partial charge in [-0.25, -0.2) is 4.98 Å². The molecule has 0 aliphatic heterocycles. The fraction of sp³-hybridized carbons (Fsp3) is 0.500. The highest BCUT2D eigenvalue weighted by Gasteiger charge is 1.91. The Bertz CT molecular complexity index is 216. The SMILES string of the molecule is CCCNc1ccc(CC)cn1. The summed E-state index contributed by atoms with van der Waals surface area (Å²) in [6.45, 7) is 5.28. The van der Waals surface area contributed by atoms with Crippen molar-refractivity contribution < 1.29 is 0 Å². The van der Waals surface area contributed by atoms with Gasteiger partial charge in [-0.1, -0.05) is 19.9 Å². The fourth-order valence-corrected chi connectivity index (χ4v) is 0.991. The van der Waals surface area contributed by atoms with Crippen LogP contribution in [0.15, 0.2) is 18.3 Å². The van der Waals surface area contributed by atoms with Crippen molar-refractivity contribution in [2.24, 2.45) is 0 Å². The van der Waals surface area contributed by atoms with Gasteiger partial charge >= 0.3 is 0 Å². The maximum absolute atomic E-state index is 4.28. The van der Waals surface area contributed by atoms with Gasteiger partial charge in [0.2, 0.25) is 0 Å². The van der Waals surface area contributed by atoms with Gasteiger partial charge in [0.15, 0.2) is 0 Å². The van der Waals surface area contributed by atoms with Gasteiger partial charge in [-0.05, 0) is 24.5 Å². The van der Waals surface area contributed by atoms with E-state index in [1.165, 1.54) is 5.56 Å². The third-order valence-corrected chi connectivity index (χ3v) is 1.79. The van der Waals surface area contributed by atoms with E-state index in [1.807, 2.05) is 12.3 Å². The van der Waals surface area contributed by atoms with Crippen LogP contribution in [0.2, 0.25) is 0 Å². The van der Waals surface area contributed by atoms with Crippen molar-refractivity contribution in [2.75, 3.05) is 11.9 Å². The third kappa shape index (κ3) is 2.53. The van der Waals surface area contributed by atoms with E-state index in [1.54, 1.807) is 0 Å². The Balaban J connectivity index is 2.53. The fourth-order valence-electron chi connectivity index (χ4n) is 0.991. The second kappa shape index (κ2) is 4.75. The van der Waals surface area contributed by atoms with Crippen molar-refractivity contribution in [3.8, 4) is 0 Å². The van der Waals surface area contributed by atoms with Crippen LogP contribution < -0.4 is 5.32 Å². The van der Waals surface area contributed by atoms with Gasteiger partial charge in [-0.3, -0.25) is 0 Å². The van der Waals surface area contributed by atoms with E-state index in [0.717, 1.165) is 25.2 Å². The molecule has 1 N–H and O–H groups in total. The standard InChI is InChI=1S/C10H16N2/c1-3-7-11-10-6-5-9(4-2)8-12-10/h5-6,8H,3-4,7H2,1-2H3,(H,11,12). The summed E-state index contributed by atoms with van der Waals surface area (Å²) in [7, 11) is 0. The predicted molar refractivity (Wildman–Crippen MR) is 52.4 cm³/mol. The van der Waals surface area contributed by atoms with E-state index < -0.39 is 0 Å². The van der Waals surface area contributed by atoms with Crippen molar-refractivity contribution in [3.05, 3.63) is 23.9 Å². The number of nitrogens with one attached hydrogen (secondary N) is 1. The van der Waals surface area contributed by atoms with E-state index >= 15 is 0 Å². The number of aryl methyl sites for hydroxylation is 1. The van der Waals surface area contributed by atoms with E-state index in [4.69, 9.17) is 0 Å². The zero-order valence-corrected chi connectivity index (χ0v) is 7.80. The highest BCUT2D eigenvalue weighted by atomic mass is 15.0. The molecule has 0 aliphatic rings. The smallest absolute Gasteiger partial charge is 0.125 e. The normalized spacial score (nSPS) is 9.83. The molecule has 12 heavy (non-hydrogen) atoms. The molecule has 1 heterocycles. The van der Waals surface area contributed by atoms with Crippen molar-refractivity contribution in [3.63, 3.8) is 0 Å². The van der Waals surface area contributed by atoms with Crippen LogP contribution in [0.4, 0.5) is 5.82 Å². The molecule has 0 fully saturated rings. The van der Waals surface area contributed by atoms with Crippen LogP contribution in [-0.4, -0.2) is 11.5 Å². The molecule has 0 radical (unpaired) electrons. The van der Waals surface area contributed by atoms with E-state index in [-0.39, 0.29) is 0 Å². The Morgan fingerprint density at radius 2 is 2.17 bits per heavy atom. The Morgan fingerprint density at radius 3 is 2.67 bits per heavy atom. The number of pyridine rings is 1. The minimum Gasteiger partial charge on any atom is -0.370 e. The average molecular weight is 164 g/mol. The quantitative estimate of drug-likeness (QED) is 0.739. The second-order valence-electron chi connectivity index (χ2n) is 2.83. The molecule has 2 heteroatoms. The first-order valence-corrected chi connectivity index (χ1v) is 4.55. The van der Waals surface area contributed by atoms with Crippen molar-refractivity contribution >= 4 is 5.82 Å². The number of nitrogens with zero attached hydrogens (tertiary/aromatic N) is 1. The highest BCUT2D eigenvalue weighted by molar-refractivity contribution is 5.35. The topological polar surface area (TPSA) is 24.9 Å². The molecule has 2 nitrogen and oxygen atoms in total. The number of rotatable bonds is 4. The lowest BCUT2D eigenvalue weighted by Gasteiger charge is -2.03. The molecule has 1 aromatic rings. The molecular formula is C10H16N2. The van der Waals surface area contributed by atoms with Gasteiger partial charge in [0.05, 0.1) is 0 Å². The van der Waals surface area contributed by atoms with Crippen LogP contribution in [0.1, 0.15) is 25.8 Å². The summed E-state index contributed by atoms with van der Waals surface area (Å²) < 4.78 is 0. The van der Waals surface area contributed by atoms with Crippen molar-refractivity contribution in [2.45, 2.75) is 26.7 Å². The molecular weight excluding hydrogens is 148 g/mol. The van der Waals surface area contributed by atoms with Crippen LogP contribution in [0, 0.1) is 0 Å². The Morgan fingerprint density at radius 1 is 1.33 bits per heavy atom. The molecule has 0 amide bonds. The minimum atomic E-state index is 0.981. The molecule has 0 aromatic carbocycles. The molecule has 0 atom stereocenters. The number of anilines is 1. The van der Waals surface area contributed by atoms with Gasteiger partial charge in [-0.15, -0.1) is 0 Å². The van der Waals surface area contributed by atoms with Crippen LogP contribution in [0.25, 0.3) is 0 Å². The number of hydrogen-bond donors (Lipinski definition) is 1. The lowest BCUT2D eigenvalue weighted by molar-refractivity contribution is 0.966. The first-order chi connectivity index (χ1) is 5.86. The minimum absolute atomic E-state index is 0.981. The van der Waals surface area contributed by atoms with Crippen molar-refractivity contribution in [1.82, 2.24) is 4.98 Å². The van der Waals surface area contributed by atoms with Gasteiger partial charge in [0.25, 0.3) is 0 Å². The van der Waals surface area contributed by atoms with E-state index in [9.17, 15) is 0 Å². The molecule has 0 spiro atoms. The van der Waals surface area contributed by atoms with Crippen molar-refractivity contribution in [1.29, 1.82) is 0 Å². The summed E-state index contributed by atoms with van der Waals surface area (Å²) in [5, 5.41) is 3.23. The zero-order chi connectivity index (χ0) is 8.81. The van der Waals surface area contributed by atoms with Gasteiger partial charge in [0, 0.05) is 12.7 Å². The van der Waals surface area contributed by atoms with Crippen LogP contribution in [0.3, 0.4) is 0 Å². The molecule has 1 aromatic heterocycles. The molecule has 0 saturated heterocycles. The summed E-state index contributed by atoms with van der Waals surface area (Å²) >= 11 is 0. The average Bonchev–Trinajstić information content (AvgIpc) is 2.15. The first kappa shape index (κ1) is 9.04. The Labute approximate surface area is 74.0 Å². The first-order valence-electron chi connectivity index (χ1n) is 4.55. The summed E-state index contributed by atoms with van der Waals surface area (Å²) in [6.07, 6.45) is 4.12. The Hall–Kier alpha value is -1.05. The highest BCUT2D eigenvalue weighted by Crippen LogP contribution is 2.04. The summed E-state index contributed by atoms with van der Waals surface area (Å²) in [4.78, 5) is 4.28. The third-order valence-electron chi connectivity index (χ3n) is 1.79. The van der Waals surface area contributed by atoms with Crippen LogP contribution in [0.5, 0.6) is 0 Å². The molecule has 0 saturated carbocycles. The monoisotopic (exact) mass is 164 g/mol. The van der Waals surface area contributed by atoms with E-state index in [2.05, 4.69) is 30.2 Å². The van der Waals surface area contributed by atoms with Crippen LogP contribution >= 0.6 is 0 Å². The molecule has 0 unspecified atom stereocenters. The number of hydrogen-bond acceptors (Lipinski definition) is 2. The summed E-state index contributed by atoms with van der Waals surface area (Å²) in [5.41, 5.74) is 1.29. The number of aromatic nitrogens is 1. The Kier molecular flexibility index (Phi) is 3.58.